The molecule has 1 aliphatic carbocycles. The molecule has 0 aromatic heterocycles. The second kappa shape index (κ2) is 21.2. The number of allylic oxidation sites excluding steroid dienone is 3. The molecule has 3 heterocycles. The minimum Gasteiger partial charge on any atom is -0.379 e. The van der Waals surface area contributed by atoms with Crippen molar-refractivity contribution in [2.75, 3.05) is 41.0 Å². The molecule has 4 aliphatic rings. The summed E-state index contributed by atoms with van der Waals surface area (Å²) in [5.74, 6) is 0.623. The number of Topliss-reactive ketones (excluding diaryl/α,β-unsaturated/α-hetero) is 1. The van der Waals surface area contributed by atoms with Crippen molar-refractivity contribution in [2.24, 2.45) is 29.6 Å². The summed E-state index contributed by atoms with van der Waals surface area (Å²) in [7, 11) is 5.20. The number of methoxy groups -OCH3 is 3. The third kappa shape index (κ3) is 12.2. The van der Waals surface area contributed by atoms with Crippen molar-refractivity contribution < 1.29 is 33.6 Å². The third-order valence-electron chi connectivity index (χ3n) is 13.1. The van der Waals surface area contributed by atoms with Crippen LogP contribution in [0.15, 0.2) is 23.3 Å². The van der Waals surface area contributed by atoms with Crippen LogP contribution in [0.4, 0.5) is 0 Å². The third-order valence-corrected chi connectivity index (χ3v) is 13.1. The summed E-state index contributed by atoms with van der Waals surface area (Å²) in [5, 5.41) is 12.2. The Morgan fingerprint density at radius 3 is 2.44 bits per heavy atom. The molecule has 52 heavy (non-hydrogen) atoms. The molecule has 2 bridgehead atoms. The molecule has 0 aromatic carbocycles. The number of fused-ring (bicyclic) bond motifs is 3. The lowest BCUT2D eigenvalue weighted by atomic mass is 9.82. The van der Waals surface area contributed by atoms with Gasteiger partial charge in [0.15, 0.2) is 11.6 Å². The van der Waals surface area contributed by atoms with E-state index in [-0.39, 0.29) is 42.2 Å². The number of ketones is 1. The van der Waals surface area contributed by atoms with Gasteiger partial charge in [0.2, 0.25) is 0 Å². The highest BCUT2D eigenvalue weighted by Crippen LogP contribution is 2.40. The number of piperidine rings is 1. The summed E-state index contributed by atoms with van der Waals surface area (Å²) in [6.45, 7) is 16.1. The van der Waals surface area contributed by atoms with Gasteiger partial charge in [-0.3, -0.25) is 9.69 Å². The number of hydrogen-bond donors (Lipinski definition) is 1. The zero-order chi connectivity index (χ0) is 37.8. The molecule has 1 N–H and O–H groups in total. The van der Waals surface area contributed by atoms with E-state index < -0.39 is 5.79 Å². The monoisotopic (exact) mass is 732 g/mol. The maximum atomic E-state index is 12.4. The molecule has 8 heteroatoms. The van der Waals surface area contributed by atoms with Crippen LogP contribution in [0.2, 0.25) is 0 Å². The van der Waals surface area contributed by atoms with Crippen molar-refractivity contribution >= 4 is 5.78 Å². The predicted octanol–water partition coefficient (Wildman–Crippen LogP) is 8.69. The molecule has 0 spiro atoms. The fourth-order valence-corrected chi connectivity index (χ4v) is 10.0. The summed E-state index contributed by atoms with van der Waals surface area (Å²) in [6.07, 6.45) is 18.8. The number of rotatable bonds is 7. The van der Waals surface area contributed by atoms with Crippen molar-refractivity contribution in [3.63, 3.8) is 0 Å². The standard InChI is InChI=1S/C44H77NO7/c1-10-14-35-16-13-15-32(4)42(33(5)26-36-18-19-38(46)39(28-36)48-7)51-29-37-17-11-12-21-45(37)22-20-44(47)34(6)27-41(50-9)43(52-44)40(49-8)25-31(3)23-30(2)24-35/h24,26,31-32,34-37,39-43,47H,10-23,25,27-29H2,1-9H3. The zero-order valence-corrected chi connectivity index (χ0v) is 34.6. The highest BCUT2D eigenvalue weighted by molar-refractivity contribution is 5.83. The maximum Gasteiger partial charge on any atom is 0.169 e. The second-order valence-corrected chi connectivity index (χ2v) is 17.5. The number of aliphatic hydroxyl groups is 1. The normalized spacial score (nSPS) is 40.3. The first-order valence-corrected chi connectivity index (χ1v) is 21.1. The number of ether oxygens (including phenoxy) is 5. The Hall–Kier alpha value is -1.13. The Bertz CT molecular complexity index is 1140. The van der Waals surface area contributed by atoms with E-state index in [2.05, 4.69) is 58.6 Å². The Kier molecular flexibility index (Phi) is 17.8. The first-order valence-electron chi connectivity index (χ1n) is 21.1. The van der Waals surface area contributed by atoms with Crippen LogP contribution in [-0.4, -0.2) is 99.2 Å². The minimum absolute atomic E-state index is 0.0304. The summed E-state index contributed by atoms with van der Waals surface area (Å²) >= 11 is 0. The molecule has 12 atom stereocenters. The largest absolute Gasteiger partial charge is 0.379 e. The van der Waals surface area contributed by atoms with Crippen LogP contribution in [0, 0.1) is 29.6 Å². The molecule has 2 saturated heterocycles. The average molecular weight is 732 g/mol. The molecule has 1 saturated carbocycles. The van der Waals surface area contributed by atoms with Crippen LogP contribution < -0.4 is 0 Å². The van der Waals surface area contributed by atoms with Gasteiger partial charge in [-0.05, 0) is 114 Å². The molecule has 0 radical (unpaired) electrons. The fourth-order valence-electron chi connectivity index (χ4n) is 10.0. The summed E-state index contributed by atoms with van der Waals surface area (Å²) < 4.78 is 31.5. The molecular weight excluding hydrogens is 654 g/mol. The van der Waals surface area contributed by atoms with Crippen molar-refractivity contribution in [1.29, 1.82) is 0 Å². The van der Waals surface area contributed by atoms with Crippen LogP contribution in [0.1, 0.15) is 138 Å². The van der Waals surface area contributed by atoms with Crippen LogP contribution in [0.25, 0.3) is 0 Å². The van der Waals surface area contributed by atoms with Gasteiger partial charge in [0, 0.05) is 52.7 Å². The first-order chi connectivity index (χ1) is 24.9. The van der Waals surface area contributed by atoms with E-state index in [1.807, 2.05) is 0 Å². The lowest BCUT2D eigenvalue weighted by molar-refractivity contribution is -0.324. The van der Waals surface area contributed by atoms with E-state index in [0.29, 0.717) is 49.2 Å². The lowest BCUT2D eigenvalue weighted by Gasteiger charge is -2.48. The van der Waals surface area contributed by atoms with Gasteiger partial charge in [-0.15, -0.1) is 0 Å². The SMILES string of the molecule is CCCC1C=C(C)CC(C)CC(OC)C2OC(O)(CCN3CCCCC3COC(C(C)=CC3CCC(=O)C(OC)C3)C(C)CCC1)C(C)CC2OC. The van der Waals surface area contributed by atoms with Gasteiger partial charge in [-0.2, -0.15) is 0 Å². The Balaban J connectivity index is 1.61. The van der Waals surface area contributed by atoms with Crippen LogP contribution >= 0.6 is 0 Å². The van der Waals surface area contributed by atoms with Crippen LogP contribution in [-0.2, 0) is 28.5 Å². The summed E-state index contributed by atoms with van der Waals surface area (Å²) in [6, 6.07) is 0.301. The number of hydrogen-bond acceptors (Lipinski definition) is 8. The fraction of sp³-hybridized carbons (Fsp3) is 0.886. The number of nitrogens with zero attached hydrogens (tertiary/aromatic N) is 1. The van der Waals surface area contributed by atoms with E-state index in [9.17, 15) is 9.90 Å². The van der Waals surface area contributed by atoms with E-state index in [1.54, 1.807) is 21.3 Å². The highest BCUT2D eigenvalue weighted by atomic mass is 16.7. The topological polar surface area (TPSA) is 86.7 Å². The van der Waals surface area contributed by atoms with Crippen LogP contribution in [0.3, 0.4) is 0 Å². The summed E-state index contributed by atoms with van der Waals surface area (Å²) in [5.41, 5.74) is 2.75. The van der Waals surface area contributed by atoms with E-state index in [1.165, 1.54) is 43.3 Å². The highest BCUT2D eigenvalue weighted by Gasteiger charge is 2.49. The molecule has 0 amide bonds. The van der Waals surface area contributed by atoms with E-state index >= 15 is 0 Å². The molecular formula is C44H77NO7. The predicted molar refractivity (Wildman–Crippen MR) is 209 cm³/mol. The van der Waals surface area contributed by atoms with Gasteiger partial charge in [0.25, 0.3) is 0 Å². The zero-order valence-electron chi connectivity index (χ0n) is 34.6. The van der Waals surface area contributed by atoms with Gasteiger partial charge in [0.05, 0.1) is 24.9 Å². The maximum absolute atomic E-state index is 12.4. The van der Waals surface area contributed by atoms with Crippen molar-refractivity contribution in [3.8, 4) is 0 Å². The van der Waals surface area contributed by atoms with Gasteiger partial charge in [-0.25, -0.2) is 0 Å². The van der Waals surface area contributed by atoms with Crippen LogP contribution in [0.5, 0.6) is 0 Å². The molecule has 12 unspecified atom stereocenters. The summed E-state index contributed by atoms with van der Waals surface area (Å²) in [4.78, 5) is 14.9. The Morgan fingerprint density at radius 2 is 1.73 bits per heavy atom. The van der Waals surface area contributed by atoms with Gasteiger partial charge in [-0.1, -0.05) is 64.7 Å². The molecule has 0 aromatic rings. The first kappa shape index (κ1) is 43.6. The van der Waals surface area contributed by atoms with Crippen molar-refractivity contribution in [1.82, 2.24) is 4.90 Å². The smallest absolute Gasteiger partial charge is 0.169 e. The van der Waals surface area contributed by atoms with Gasteiger partial charge < -0.3 is 28.8 Å². The van der Waals surface area contributed by atoms with E-state index in [0.717, 1.165) is 64.5 Å². The molecule has 3 fully saturated rings. The van der Waals surface area contributed by atoms with Gasteiger partial charge in [0.1, 0.15) is 12.2 Å². The Morgan fingerprint density at radius 1 is 0.981 bits per heavy atom. The average Bonchev–Trinajstić information content (AvgIpc) is 3.11. The lowest BCUT2D eigenvalue weighted by Crippen LogP contribution is -2.58. The molecule has 3 aliphatic heterocycles. The number of carbonyl (C=O) groups excluding carboxylic acids is 1. The molecule has 300 valence electrons. The van der Waals surface area contributed by atoms with Gasteiger partial charge >= 0.3 is 0 Å². The number of carbonyl (C=O) groups is 1. The quantitative estimate of drug-likeness (QED) is 0.261. The molecule has 4 rings (SSSR count). The second-order valence-electron chi connectivity index (χ2n) is 17.5. The van der Waals surface area contributed by atoms with Crippen molar-refractivity contribution in [2.45, 2.75) is 180 Å². The Labute approximate surface area is 317 Å². The van der Waals surface area contributed by atoms with Crippen molar-refractivity contribution in [3.05, 3.63) is 23.3 Å². The minimum atomic E-state index is -1.25. The van der Waals surface area contributed by atoms with E-state index in [4.69, 9.17) is 23.7 Å². The molecule has 8 nitrogen and oxygen atoms in total.